The lowest BCUT2D eigenvalue weighted by Crippen LogP contribution is -2.00. The van der Waals surface area contributed by atoms with Gasteiger partial charge in [-0.1, -0.05) is 57.4 Å². The Bertz CT molecular complexity index is 240. The van der Waals surface area contributed by atoms with Crippen molar-refractivity contribution in [3.63, 3.8) is 0 Å². The van der Waals surface area contributed by atoms with Crippen molar-refractivity contribution in [1.82, 2.24) is 0 Å². The zero-order chi connectivity index (χ0) is 13.8. The van der Waals surface area contributed by atoms with E-state index in [9.17, 15) is 0 Å². The molecule has 0 aromatic heterocycles. The van der Waals surface area contributed by atoms with Crippen LogP contribution < -0.4 is 0 Å². The zero-order valence-electron chi connectivity index (χ0n) is 12.8. The van der Waals surface area contributed by atoms with Gasteiger partial charge in [-0.2, -0.15) is 0 Å². The molecule has 0 spiro atoms. The molecule has 0 saturated heterocycles. The summed E-state index contributed by atoms with van der Waals surface area (Å²) in [5, 5.41) is 8.82. The van der Waals surface area contributed by atoms with Gasteiger partial charge < -0.3 is 5.11 Å². The van der Waals surface area contributed by atoms with E-state index >= 15 is 0 Å². The Hall–Kier alpha value is -0.560. The summed E-state index contributed by atoms with van der Waals surface area (Å²) >= 11 is 0. The van der Waals surface area contributed by atoms with Crippen LogP contribution in [0.2, 0.25) is 0 Å². The third-order valence-corrected chi connectivity index (χ3v) is 3.60. The average Bonchev–Trinajstić information content (AvgIpc) is 2.39. The molecule has 0 aliphatic rings. The van der Waals surface area contributed by atoms with Gasteiger partial charge in [0.2, 0.25) is 0 Å². The highest BCUT2D eigenvalue weighted by atomic mass is 16.2. The third-order valence-electron chi connectivity index (χ3n) is 3.60. The smallest absolute Gasteiger partial charge is 0.0612 e. The van der Waals surface area contributed by atoms with Crippen LogP contribution in [0.5, 0.6) is 0 Å². The number of aliphatic hydroxyl groups is 1. The number of allylic oxidation sites excluding steroid dienone is 3. The highest BCUT2D eigenvalue weighted by Gasteiger charge is 2.06. The predicted octanol–water partition coefficient (Wildman–Crippen LogP) is 5.11. The first-order valence-corrected chi connectivity index (χ1v) is 7.62. The van der Waals surface area contributed by atoms with Gasteiger partial charge in [0.15, 0.2) is 0 Å². The Kier molecular flexibility index (Phi) is 11.2. The molecule has 106 valence electrons. The molecule has 0 aromatic carbocycles. The first-order chi connectivity index (χ1) is 8.67. The second kappa shape index (κ2) is 11.5. The second-order valence-corrected chi connectivity index (χ2v) is 5.31. The summed E-state index contributed by atoms with van der Waals surface area (Å²) in [5.41, 5.74) is 1.51. The van der Waals surface area contributed by atoms with Crippen LogP contribution in [0.1, 0.15) is 66.2 Å². The van der Waals surface area contributed by atoms with Crippen LogP contribution in [-0.4, -0.2) is 11.7 Å². The first kappa shape index (κ1) is 17.4. The molecule has 0 aliphatic carbocycles. The van der Waals surface area contributed by atoms with Gasteiger partial charge in [-0.15, -0.1) is 0 Å². The summed E-state index contributed by atoms with van der Waals surface area (Å²) < 4.78 is 0. The molecular formula is C17H32O. The molecule has 0 unspecified atom stereocenters. The Morgan fingerprint density at radius 2 is 1.78 bits per heavy atom. The second-order valence-electron chi connectivity index (χ2n) is 5.31. The SMILES string of the molecule is CCCC[C@@H](/C=C(\C)C[C@H](/C=C/CO)CC)CC. The van der Waals surface area contributed by atoms with Crippen LogP contribution >= 0.6 is 0 Å². The Balaban J connectivity index is 4.31. The third kappa shape index (κ3) is 8.52. The van der Waals surface area contributed by atoms with Crippen molar-refractivity contribution < 1.29 is 5.11 Å². The van der Waals surface area contributed by atoms with E-state index in [0.29, 0.717) is 5.92 Å². The predicted molar refractivity (Wildman–Crippen MR) is 81.7 cm³/mol. The topological polar surface area (TPSA) is 20.2 Å². The standard InChI is InChI=1S/C17H32O/c1-5-8-10-16(6-2)13-15(4)14-17(7-3)11-9-12-18/h9,11,13,16-18H,5-8,10,12,14H2,1-4H3/b11-9+,15-13+/t16-,17-/m0/s1. The molecule has 0 fully saturated rings. The van der Waals surface area contributed by atoms with E-state index in [1.807, 2.05) is 6.08 Å². The monoisotopic (exact) mass is 252 g/mol. The van der Waals surface area contributed by atoms with Crippen molar-refractivity contribution in [2.45, 2.75) is 66.2 Å². The Morgan fingerprint density at radius 3 is 2.28 bits per heavy atom. The van der Waals surface area contributed by atoms with Gasteiger partial charge in [0, 0.05) is 0 Å². The minimum absolute atomic E-state index is 0.160. The van der Waals surface area contributed by atoms with E-state index in [2.05, 4.69) is 39.8 Å². The van der Waals surface area contributed by atoms with Crippen molar-refractivity contribution in [2.75, 3.05) is 6.61 Å². The van der Waals surface area contributed by atoms with Crippen LogP contribution in [0.4, 0.5) is 0 Å². The fourth-order valence-electron chi connectivity index (χ4n) is 2.36. The van der Waals surface area contributed by atoms with Gasteiger partial charge in [0.1, 0.15) is 0 Å². The molecule has 0 rings (SSSR count). The summed E-state index contributed by atoms with van der Waals surface area (Å²) in [4.78, 5) is 0. The first-order valence-electron chi connectivity index (χ1n) is 7.62. The maximum atomic E-state index is 8.82. The van der Waals surface area contributed by atoms with E-state index in [0.717, 1.165) is 18.8 Å². The van der Waals surface area contributed by atoms with E-state index in [1.54, 1.807) is 0 Å². The van der Waals surface area contributed by atoms with Gasteiger partial charge in [-0.05, 0) is 44.4 Å². The molecule has 1 heteroatoms. The maximum Gasteiger partial charge on any atom is 0.0612 e. The van der Waals surface area contributed by atoms with Crippen LogP contribution in [-0.2, 0) is 0 Å². The van der Waals surface area contributed by atoms with Crippen LogP contribution in [0, 0.1) is 11.8 Å². The maximum absolute atomic E-state index is 8.82. The molecule has 18 heavy (non-hydrogen) atoms. The molecule has 0 heterocycles. The zero-order valence-corrected chi connectivity index (χ0v) is 12.8. The van der Waals surface area contributed by atoms with Crippen molar-refractivity contribution in [1.29, 1.82) is 0 Å². The van der Waals surface area contributed by atoms with Crippen molar-refractivity contribution in [3.8, 4) is 0 Å². The van der Waals surface area contributed by atoms with Crippen molar-refractivity contribution in [3.05, 3.63) is 23.8 Å². The van der Waals surface area contributed by atoms with Gasteiger partial charge in [-0.3, -0.25) is 0 Å². The number of hydrogen-bond acceptors (Lipinski definition) is 1. The van der Waals surface area contributed by atoms with Gasteiger partial charge in [-0.25, -0.2) is 0 Å². The molecule has 0 aromatic rings. The molecule has 0 bridgehead atoms. The van der Waals surface area contributed by atoms with Gasteiger partial charge >= 0.3 is 0 Å². The lowest BCUT2D eigenvalue weighted by atomic mass is 9.92. The summed E-state index contributed by atoms with van der Waals surface area (Å²) in [6.45, 7) is 9.18. The number of rotatable bonds is 10. The quantitative estimate of drug-likeness (QED) is 0.535. The summed E-state index contributed by atoms with van der Waals surface area (Å²) in [6.07, 6.45) is 14.0. The number of hydrogen-bond donors (Lipinski definition) is 1. The minimum atomic E-state index is 0.160. The molecule has 0 saturated carbocycles. The lowest BCUT2D eigenvalue weighted by Gasteiger charge is -2.14. The van der Waals surface area contributed by atoms with E-state index in [1.165, 1.54) is 31.3 Å². The van der Waals surface area contributed by atoms with Crippen LogP contribution in [0.15, 0.2) is 23.8 Å². The largest absolute Gasteiger partial charge is 0.392 e. The fourth-order valence-corrected chi connectivity index (χ4v) is 2.36. The summed E-state index contributed by atoms with van der Waals surface area (Å²) in [5.74, 6) is 1.33. The normalized spacial score (nSPS) is 16.2. The number of unbranched alkanes of at least 4 members (excludes halogenated alkanes) is 1. The Labute approximate surface area is 114 Å². The molecule has 0 aliphatic heterocycles. The minimum Gasteiger partial charge on any atom is -0.392 e. The molecule has 1 N–H and O–H groups in total. The molecule has 0 radical (unpaired) electrons. The highest BCUT2D eigenvalue weighted by Crippen LogP contribution is 2.21. The fraction of sp³-hybridized carbons (Fsp3) is 0.765. The highest BCUT2D eigenvalue weighted by molar-refractivity contribution is 5.05. The van der Waals surface area contributed by atoms with Gasteiger partial charge in [0.25, 0.3) is 0 Å². The lowest BCUT2D eigenvalue weighted by molar-refractivity contribution is 0.341. The average molecular weight is 252 g/mol. The number of aliphatic hydroxyl groups excluding tert-OH is 1. The van der Waals surface area contributed by atoms with E-state index < -0.39 is 0 Å². The van der Waals surface area contributed by atoms with Crippen LogP contribution in [0.3, 0.4) is 0 Å². The molecule has 1 nitrogen and oxygen atoms in total. The van der Waals surface area contributed by atoms with Gasteiger partial charge in [0.05, 0.1) is 6.61 Å². The van der Waals surface area contributed by atoms with Crippen LogP contribution in [0.25, 0.3) is 0 Å². The summed E-state index contributed by atoms with van der Waals surface area (Å²) in [7, 11) is 0. The molecule has 0 amide bonds. The Morgan fingerprint density at radius 1 is 1.11 bits per heavy atom. The van der Waals surface area contributed by atoms with Crippen molar-refractivity contribution in [2.24, 2.45) is 11.8 Å². The molecular weight excluding hydrogens is 220 g/mol. The summed E-state index contributed by atoms with van der Waals surface area (Å²) in [6, 6.07) is 0. The van der Waals surface area contributed by atoms with E-state index in [4.69, 9.17) is 5.11 Å². The van der Waals surface area contributed by atoms with E-state index in [-0.39, 0.29) is 6.61 Å². The van der Waals surface area contributed by atoms with Crippen molar-refractivity contribution >= 4 is 0 Å². The molecule has 2 atom stereocenters.